The zero-order chi connectivity index (χ0) is 17.8. The Morgan fingerprint density at radius 2 is 1.78 bits per heavy atom. The second-order valence-electron chi connectivity index (χ2n) is 7.01. The topological polar surface area (TPSA) is 84.9 Å². The molecule has 2 amide bonds. The molecule has 1 saturated carbocycles. The predicted molar refractivity (Wildman–Crippen MR) is 84.7 cm³/mol. The van der Waals surface area contributed by atoms with Gasteiger partial charge in [0.25, 0.3) is 0 Å². The highest BCUT2D eigenvalue weighted by Gasteiger charge is 2.44. The maximum absolute atomic E-state index is 12.3. The molecule has 0 spiro atoms. The van der Waals surface area contributed by atoms with Crippen molar-refractivity contribution in [2.75, 3.05) is 20.7 Å². The van der Waals surface area contributed by atoms with E-state index in [1.165, 1.54) is 4.90 Å². The fraction of sp³-hybridized carbons (Fsp3) is 0.812. The van der Waals surface area contributed by atoms with Crippen molar-refractivity contribution in [2.24, 2.45) is 11.8 Å². The molecule has 0 heterocycles. The number of rotatable bonds is 4. The van der Waals surface area contributed by atoms with E-state index < -0.39 is 23.7 Å². The van der Waals surface area contributed by atoms with Gasteiger partial charge in [0, 0.05) is 20.1 Å². The number of hydrogen-bond acceptors (Lipinski definition) is 5. The third kappa shape index (κ3) is 5.73. The Bertz CT molecular complexity index is 456. The van der Waals surface area contributed by atoms with Crippen molar-refractivity contribution in [3.8, 4) is 0 Å². The predicted octanol–water partition coefficient (Wildman–Crippen LogP) is 1.56. The molecule has 7 heteroatoms. The largest absolute Gasteiger partial charge is 0.466 e. The Labute approximate surface area is 137 Å². The number of alkyl carbamates (subject to hydrolysis) is 1. The molecule has 23 heavy (non-hydrogen) atoms. The molecule has 1 rings (SSSR count). The van der Waals surface area contributed by atoms with Gasteiger partial charge in [-0.1, -0.05) is 0 Å². The average Bonchev–Trinajstić information content (AvgIpc) is 2.79. The number of esters is 1. The first-order valence-electron chi connectivity index (χ1n) is 7.92. The molecule has 1 fully saturated rings. The number of ether oxygens (including phenoxy) is 2. The minimum atomic E-state index is -0.621. The third-order valence-corrected chi connectivity index (χ3v) is 3.64. The van der Waals surface area contributed by atoms with Gasteiger partial charge in [0.1, 0.15) is 5.60 Å². The molecule has 1 aliphatic rings. The summed E-state index contributed by atoms with van der Waals surface area (Å²) in [5, 5.41) is 2.73. The van der Waals surface area contributed by atoms with E-state index in [1.807, 2.05) is 0 Å². The van der Waals surface area contributed by atoms with Crippen molar-refractivity contribution < 1.29 is 23.9 Å². The van der Waals surface area contributed by atoms with Crippen molar-refractivity contribution >= 4 is 18.0 Å². The Morgan fingerprint density at radius 3 is 2.26 bits per heavy atom. The SMILES string of the molecule is CCOC(=O)[C@H]1C[C@H](NC(=O)OC(C)(C)C)[C@H](C(=O)N(C)C)C1. The second kappa shape index (κ2) is 7.66. The van der Waals surface area contributed by atoms with Crippen molar-refractivity contribution in [3.63, 3.8) is 0 Å². The van der Waals surface area contributed by atoms with E-state index in [4.69, 9.17) is 9.47 Å². The molecule has 0 saturated heterocycles. The van der Waals surface area contributed by atoms with Gasteiger partial charge >= 0.3 is 12.1 Å². The van der Waals surface area contributed by atoms with Gasteiger partial charge in [-0.2, -0.15) is 0 Å². The molecule has 0 unspecified atom stereocenters. The average molecular weight is 328 g/mol. The van der Waals surface area contributed by atoms with Crippen molar-refractivity contribution in [1.82, 2.24) is 10.2 Å². The molecule has 0 aliphatic heterocycles. The minimum absolute atomic E-state index is 0.113. The molecule has 132 valence electrons. The normalized spacial score (nSPS) is 24.0. The second-order valence-corrected chi connectivity index (χ2v) is 7.01. The summed E-state index contributed by atoms with van der Waals surface area (Å²) in [5.74, 6) is -1.27. The summed E-state index contributed by atoms with van der Waals surface area (Å²) in [4.78, 5) is 37.7. The summed E-state index contributed by atoms with van der Waals surface area (Å²) in [5.41, 5.74) is -0.621. The quantitative estimate of drug-likeness (QED) is 0.792. The van der Waals surface area contributed by atoms with Crippen LogP contribution < -0.4 is 5.32 Å². The molecule has 0 aromatic heterocycles. The monoisotopic (exact) mass is 328 g/mol. The van der Waals surface area contributed by atoms with Gasteiger partial charge in [0.15, 0.2) is 0 Å². The minimum Gasteiger partial charge on any atom is -0.466 e. The van der Waals surface area contributed by atoms with Crippen molar-refractivity contribution in [2.45, 2.75) is 52.2 Å². The highest BCUT2D eigenvalue weighted by Crippen LogP contribution is 2.33. The number of carbonyl (C=O) groups is 3. The molecule has 1 aliphatic carbocycles. The summed E-state index contributed by atoms with van der Waals surface area (Å²) < 4.78 is 10.3. The lowest BCUT2D eigenvalue weighted by Gasteiger charge is -2.25. The third-order valence-electron chi connectivity index (χ3n) is 3.64. The van der Waals surface area contributed by atoms with Gasteiger partial charge in [-0.05, 0) is 40.5 Å². The summed E-state index contributed by atoms with van der Waals surface area (Å²) >= 11 is 0. The highest BCUT2D eigenvalue weighted by molar-refractivity contribution is 5.83. The first-order chi connectivity index (χ1) is 10.5. The van der Waals surface area contributed by atoms with Crippen LogP contribution in [-0.4, -0.2) is 55.2 Å². The van der Waals surface area contributed by atoms with Crippen LogP contribution >= 0.6 is 0 Å². The molecule has 0 bridgehead atoms. The van der Waals surface area contributed by atoms with Gasteiger partial charge in [-0.25, -0.2) is 4.79 Å². The van der Waals surface area contributed by atoms with E-state index >= 15 is 0 Å². The Kier molecular flexibility index (Phi) is 6.41. The van der Waals surface area contributed by atoms with E-state index in [-0.39, 0.29) is 17.8 Å². The first-order valence-corrected chi connectivity index (χ1v) is 7.92. The number of carbonyl (C=O) groups excluding carboxylic acids is 3. The summed E-state index contributed by atoms with van der Waals surface area (Å²) in [7, 11) is 3.31. The maximum Gasteiger partial charge on any atom is 0.407 e. The molecule has 7 nitrogen and oxygen atoms in total. The molecule has 0 radical (unpaired) electrons. The van der Waals surface area contributed by atoms with Crippen molar-refractivity contribution in [1.29, 1.82) is 0 Å². The number of nitrogens with one attached hydrogen (secondary N) is 1. The van der Waals surface area contributed by atoms with Gasteiger partial charge < -0.3 is 19.7 Å². The van der Waals surface area contributed by atoms with E-state index in [2.05, 4.69) is 5.32 Å². The highest BCUT2D eigenvalue weighted by atomic mass is 16.6. The Morgan fingerprint density at radius 1 is 1.17 bits per heavy atom. The summed E-state index contributed by atoms with van der Waals surface area (Å²) in [6.45, 7) is 7.35. The number of nitrogens with zero attached hydrogens (tertiary/aromatic N) is 1. The van der Waals surface area contributed by atoms with Crippen LogP contribution in [0.2, 0.25) is 0 Å². The molecular formula is C16H28N2O5. The van der Waals surface area contributed by atoms with Crippen LogP contribution in [-0.2, 0) is 19.1 Å². The molecule has 0 aromatic rings. The molecule has 0 aromatic carbocycles. The van der Waals surface area contributed by atoms with Gasteiger partial charge in [-0.3, -0.25) is 9.59 Å². The molecule has 3 atom stereocenters. The van der Waals surface area contributed by atoms with Gasteiger partial charge in [0.2, 0.25) is 5.91 Å². The van der Waals surface area contributed by atoms with Gasteiger partial charge in [-0.15, -0.1) is 0 Å². The Balaban J connectivity index is 2.81. The lowest BCUT2D eigenvalue weighted by molar-refractivity contribution is -0.148. The van der Waals surface area contributed by atoms with Crippen LogP contribution in [0.3, 0.4) is 0 Å². The Hall–Kier alpha value is -1.79. The van der Waals surface area contributed by atoms with Crippen LogP contribution in [0.4, 0.5) is 4.79 Å². The molecule has 1 N–H and O–H groups in total. The zero-order valence-corrected chi connectivity index (χ0v) is 14.8. The molecular weight excluding hydrogens is 300 g/mol. The van der Waals surface area contributed by atoms with Gasteiger partial charge in [0.05, 0.1) is 18.4 Å². The van der Waals surface area contributed by atoms with Crippen LogP contribution in [0, 0.1) is 11.8 Å². The maximum atomic E-state index is 12.3. The van der Waals surface area contributed by atoms with Crippen LogP contribution in [0.15, 0.2) is 0 Å². The fourth-order valence-electron chi connectivity index (χ4n) is 2.71. The van der Waals surface area contributed by atoms with E-state index in [9.17, 15) is 14.4 Å². The van der Waals surface area contributed by atoms with E-state index in [0.717, 1.165) is 0 Å². The summed E-state index contributed by atoms with van der Waals surface area (Å²) in [6, 6.07) is -0.436. The number of amides is 2. The fourth-order valence-corrected chi connectivity index (χ4v) is 2.71. The zero-order valence-electron chi connectivity index (χ0n) is 14.8. The van der Waals surface area contributed by atoms with Crippen LogP contribution in [0.1, 0.15) is 40.5 Å². The van der Waals surface area contributed by atoms with Crippen LogP contribution in [0.25, 0.3) is 0 Å². The van der Waals surface area contributed by atoms with Crippen LogP contribution in [0.5, 0.6) is 0 Å². The number of hydrogen-bond donors (Lipinski definition) is 1. The smallest absolute Gasteiger partial charge is 0.407 e. The van der Waals surface area contributed by atoms with Crippen molar-refractivity contribution in [3.05, 3.63) is 0 Å². The lowest BCUT2D eigenvalue weighted by Crippen LogP contribution is -2.45. The standard InChI is InChI=1S/C16H28N2O5/c1-7-22-14(20)10-8-11(13(19)18(5)6)12(9-10)17-15(21)23-16(2,3)4/h10-12H,7-9H2,1-6H3,(H,17,21)/t10-,11-,12+/m1/s1. The lowest BCUT2D eigenvalue weighted by atomic mass is 10.0. The van der Waals surface area contributed by atoms with E-state index in [1.54, 1.807) is 41.8 Å². The van der Waals surface area contributed by atoms with E-state index in [0.29, 0.717) is 19.4 Å². The first kappa shape index (κ1) is 19.3. The summed E-state index contributed by atoms with van der Waals surface area (Å²) in [6.07, 6.45) is 0.169.